The van der Waals surface area contributed by atoms with E-state index in [-0.39, 0.29) is 17.3 Å². The molecule has 0 radical (unpaired) electrons. The summed E-state index contributed by atoms with van der Waals surface area (Å²) in [4.78, 5) is 23.0. The number of hydrogen-bond donors (Lipinski definition) is 0. The molecule has 0 saturated heterocycles. The minimum absolute atomic E-state index is 0.255. The lowest BCUT2D eigenvalue weighted by Gasteiger charge is -2.08. The van der Waals surface area contributed by atoms with Gasteiger partial charge in [-0.2, -0.15) is 0 Å². The lowest BCUT2D eigenvalue weighted by Crippen LogP contribution is -2.11. The fourth-order valence-electron chi connectivity index (χ4n) is 1.53. The van der Waals surface area contributed by atoms with Crippen LogP contribution in [0.5, 0.6) is 5.75 Å². The topological polar surface area (TPSA) is 52.6 Å². The van der Waals surface area contributed by atoms with E-state index in [1.807, 2.05) is 0 Å². The predicted octanol–water partition coefficient (Wildman–Crippen LogP) is 2.96. The standard InChI is InChI=1S/C14H18O4/c1-3-4-5-10-13(15)18-12-9-7-6-8-11(12)14(16)17-2/h6-9H,3-5,10H2,1-2H3. The van der Waals surface area contributed by atoms with Gasteiger partial charge in [-0.25, -0.2) is 4.79 Å². The van der Waals surface area contributed by atoms with Gasteiger partial charge in [0.2, 0.25) is 0 Å². The Hall–Kier alpha value is -1.84. The van der Waals surface area contributed by atoms with Gasteiger partial charge in [-0.1, -0.05) is 31.9 Å². The first-order valence-electron chi connectivity index (χ1n) is 6.07. The van der Waals surface area contributed by atoms with Crippen molar-refractivity contribution in [3.63, 3.8) is 0 Å². The SMILES string of the molecule is CCCCCC(=O)Oc1ccccc1C(=O)OC. The van der Waals surface area contributed by atoms with Gasteiger partial charge in [0.05, 0.1) is 7.11 Å². The first-order valence-corrected chi connectivity index (χ1v) is 6.07. The highest BCUT2D eigenvalue weighted by atomic mass is 16.5. The third-order valence-corrected chi connectivity index (χ3v) is 2.50. The smallest absolute Gasteiger partial charge is 0.341 e. The molecule has 0 amide bonds. The highest BCUT2D eigenvalue weighted by molar-refractivity contribution is 5.93. The van der Waals surface area contributed by atoms with E-state index in [0.717, 1.165) is 19.3 Å². The largest absolute Gasteiger partial charge is 0.465 e. The average Bonchev–Trinajstić information content (AvgIpc) is 2.39. The van der Waals surface area contributed by atoms with E-state index in [1.54, 1.807) is 24.3 Å². The molecule has 0 N–H and O–H groups in total. The lowest BCUT2D eigenvalue weighted by molar-refractivity contribution is -0.134. The van der Waals surface area contributed by atoms with Crippen LogP contribution < -0.4 is 4.74 Å². The number of unbranched alkanes of at least 4 members (excludes halogenated alkanes) is 2. The van der Waals surface area contributed by atoms with Crippen molar-refractivity contribution in [2.24, 2.45) is 0 Å². The Labute approximate surface area is 107 Å². The molecule has 0 spiro atoms. The zero-order chi connectivity index (χ0) is 13.4. The van der Waals surface area contributed by atoms with Crippen molar-refractivity contribution in [1.82, 2.24) is 0 Å². The normalized spacial score (nSPS) is 9.89. The number of ether oxygens (including phenoxy) is 2. The summed E-state index contributed by atoms with van der Waals surface area (Å²) >= 11 is 0. The lowest BCUT2D eigenvalue weighted by atomic mass is 10.2. The summed E-state index contributed by atoms with van der Waals surface area (Å²) in [6, 6.07) is 6.56. The van der Waals surface area contributed by atoms with Crippen molar-refractivity contribution in [2.75, 3.05) is 7.11 Å². The third-order valence-electron chi connectivity index (χ3n) is 2.50. The Morgan fingerprint density at radius 3 is 2.56 bits per heavy atom. The van der Waals surface area contributed by atoms with Crippen molar-refractivity contribution in [1.29, 1.82) is 0 Å². The van der Waals surface area contributed by atoms with E-state index in [1.165, 1.54) is 7.11 Å². The summed E-state index contributed by atoms with van der Waals surface area (Å²) in [5.74, 6) is -0.572. The number of esters is 2. The summed E-state index contributed by atoms with van der Waals surface area (Å²) in [7, 11) is 1.29. The number of benzene rings is 1. The van der Waals surface area contributed by atoms with Crippen LogP contribution in [0, 0.1) is 0 Å². The summed E-state index contributed by atoms with van der Waals surface area (Å²) in [6.45, 7) is 2.07. The van der Waals surface area contributed by atoms with E-state index in [2.05, 4.69) is 11.7 Å². The number of hydrogen-bond acceptors (Lipinski definition) is 4. The maximum atomic E-state index is 11.6. The van der Waals surface area contributed by atoms with Gasteiger partial charge < -0.3 is 9.47 Å². The molecule has 0 aliphatic heterocycles. The molecule has 4 nitrogen and oxygen atoms in total. The molecule has 0 aliphatic carbocycles. The summed E-state index contributed by atoms with van der Waals surface area (Å²) in [6.07, 6.45) is 3.21. The molecule has 18 heavy (non-hydrogen) atoms. The van der Waals surface area contributed by atoms with Crippen LogP contribution in [0.2, 0.25) is 0 Å². The molecular formula is C14H18O4. The summed E-state index contributed by atoms with van der Waals surface area (Å²) in [5.41, 5.74) is 0.267. The van der Waals surface area contributed by atoms with Crippen LogP contribution in [0.25, 0.3) is 0 Å². The number of carbonyl (C=O) groups excluding carboxylic acids is 2. The zero-order valence-corrected chi connectivity index (χ0v) is 10.8. The van der Waals surface area contributed by atoms with Crippen molar-refractivity contribution >= 4 is 11.9 Å². The predicted molar refractivity (Wildman–Crippen MR) is 67.6 cm³/mol. The minimum Gasteiger partial charge on any atom is -0.465 e. The van der Waals surface area contributed by atoms with Crippen LogP contribution in [-0.2, 0) is 9.53 Å². The monoisotopic (exact) mass is 250 g/mol. The van der Waals surface area contributed by atoms with E-state index in [9.17, 15) is 9.59 Å². The van der Waals surface area contributed by atoms with E-state index in [4.69, 9.17) is 4.74 Å². The molecule has 1 rings (SSSR count). The summed E-state index contributed by atoms with van der Waals surface area (Å²) in [5, 5.41) is 0. The van der Waals surface area contributed by atoms with Crippen molar-refractivity contribution < 1.29 is 19.1 Å². The van der Waals surface area contributed by atoms with Gasteiger partial charge in [-0.05, 0) is 18.6 Å². The van der Waals surface area contributed by atoms with E-state index in [0.29, 0.717) is 6.42 Å². The highest BCUT2D eigenvalue weighted by Gasteiger charge is 2.14. The fourth-order valence-corrected chi connectivity index (χ4v) is 1.53. The van der Waals surface area contributed by atoms with Gasteiger partial charge in [0.15, 0.2) is 0 Å². The Morgan fingerprint density at radius 1 is 1.17 bits per heavy atom. The van der Waals surface area contributed by atoms with E-state index < -0.39 is 5.97 Å². The van der Waals surface area contributed by atoms with Gasteiger partial charge in [0.1, 0.15) is 11.3 Å². The Kier molecular flexibility index (Phi) is 5.91. The Balaban J connectivity index is 2.66. The van der Waals surface area contributed by atoms with Gasteiger partial charge in [-0.3, -0.25) is 4.79 Å². The Bertz CT molecular complexity index is 412. The fraction of sp³-hybridized carbons (Fsp3) is 0.429. The van der Waals surface area contributed by atoms with Gasteiger partial charge >= 0.3 is 11.9 Å². The van der Waals surface area contributed by atoms with Crippen LogP contribution in [0.1, 0.15) is 43.0 Å². The second-order valence-corrected chi connectivity index (χ2v) is 3.92. The van der Waals surface area contributed by atoms with Crippen LogP contribution in [0.4, 0.5) is 0 Å². The average molecular weight is 250 g/mol. The van der Waals surface area contributed by atoms with Crippen LogP contribution >= 0.6 is 0 Å². The number of rotatable bonds is 6. The minimum atomic E-state index is -0.507. The first-order chi connectivity index (χ1) is 8.69. The second kappa shape index (κ2) is 7.48. The highest BCUT2D eigenvalue weighted by Crippen LogP contribution is 2.19. The quantitative estimate of drug-likeness (QED) is 0.442. The first kappa shape index (κ1) is 14.2. The Morgan fingerprint density at radius 2 is 1.89 bits per heavy atom. The van der Waals surface area contributed by atoms with Crippen molar-refractivity contribution in [2.45, 2.75) is 32.6 Å². The van der Waals surface area contributed by atoms with Crippen LogP contribution in [-0.4, -0.2) is 19.0 Å². The molecular weight excluding hydrogens is 232 g/mol. The van der Waals surface area contributed by atoms with Crippen molar-refractivity contribution in [3.05, 3.63) is 29.8 Å². The molecule has 0 saturated carbocycles. The van der Waals surface area contributed by atoms with Crippen molar-refractivity contribution in [3.8, 4) is 5.75 Å². The third kappa shape index (κ3) is 4.20. The molecule has 98 valence electrons. The number of carbonyl (C=O) groups is 2. The molecule has 0 aromatic heterocycles. The molecule has 0 atom stereocenters. The van der Waals surface area contributed by atoms with Crippen LogP contribution in [0.15, 0.2) is 24.3 Å². The molecule has 0 unspecified atom stereocenters. The second-order valence-electron chi connectivity index (χ2n) is 3.92. The molecule has 0 heterocycles. The van der Waals surface area contributed by atoms with Gasteiger partial charge in [0, 0.05) is 6.42 Å². The molecule has 1 aromatic rings. The number of methoxy groups -OCH3 is 1. The maximum absolute atomic E-state index is 11.6. The zero-order valence-electron chi connectivity index (χ0n) is 10.8. The molecule has 0 aliphatic rings. The molecule has 4 heteroatoms. The van der Waals surface area contributed by atoms with Gasteiger partial charge in [0.25, 0.3) is 0 Å². The molecule has 0 bridgehead atoms. The van der Waals surface area contributed by atoms with E-state index >= 15 is 0 Å². The molecule has 0 fully saturated rings. The van der Waals surface area contributed by atoms with Crippen LogP contribution in [0.3, 0.4) is 0 Å². The maximum Gasteiger partial charge on any atom is 0.341 e. The van der Waals surface area contributed by atoms with Gasteiger partial charge in [-0.15, -0.1) is 0 Å². The number of para-hydroxylation sites is 1. The summed E-state index contributed by atoms with van der Waals surface area (Å²) < 4.78 is 9.80. The molecule has 1 aromatic carbocycles.